The molecule has 4 nitrogen and oxygen atoms in total. The van der Waals surface area contributed by atoms with Crippen molar-refractivity contribution in [3.05, 3.63) is 35.4 Å². The van der Waals surface area contributed by atoms with E-state index in [1.165, 1.54) is 17.0 Å². The van der Waals surface area contributed by atoms with Gasteiger partial charge in [-0.05, 0) is 19.4 Å². The van der Waals surface area contributed by atoms with Gasteiger partial charge in [0.2, 0.25) is 11.8 Å². The molecule has 0 aromatic heterocycles. The van der Waals surface area contributed by atoms with Gasteiger partial charge in [0, 0.05) is 12.1 Å². The zero-order chi connectivity index (χ0) is 14.9. The third kappa shape index (κ3) is 2.26. The Bertz CT molecular complexity index is 562. The average molecular weight is 282 g/mol. The molecule has 1 heterocycles. The summed E-state index contributed by atoms with van der Waals surface area (Å²) in [5.74, 6) is -2.53. The molecule has 6 heteroatoms. The van der Waals surface area contributed by atoms with Crippen LogP contribution in [0.25, 0.3) is 0 Å². The molecule has 1 N–H and O–H groups in total. The third-order valence-electron chi connectivity index (χ3n) is 3.83. The molecule has 1 aliphatic rings. The van der Waals surface area contributed by atoms with Crippen molar-refractivity contribution in [3.8, 4) is 0 Å². The highest BCUT2D eigenvalue weighted by Crippen LogP contribution is 2.26. The highest BCUT2D eigenvalue weighted by molar-refractivity contribution is 5.97. The Balaban J connectivity index is 2.36. The Hall–Kier alpha value is -1.98. The van der Waals surface area contributed by atoms with Crippen LogP contribution >= 0.6 is 0 Å². The molecule has 0 spiro atoms. The van der Waals surface area contributed by atoms with Crippen LogP contribution in [0, 0.1) is 11.6 Å². The van der Waals surface area contributed by atoms with Crippen LogP contribution in [0.15, 0.2) is 18.2 Å². The summed E-state index contributed by atoms with van der Waals surface area (Å²) in [4.78, 5) is 25.3. The summed E-state index contributed by atoms with van der Waals surface area (Å²) in [5, 5.41) is 2.52. The Morgan fingerprint density at radius 3 is 2.70 bits per heavy atom. The van der Waals surface area contributed by atoms with Crippen molar-refractivity contribution < 1.29 is 18.4 Å². The van der Waals surface area contributed by atoms with Crippen molar-refractivity contribution >= 4 is 11.8 Å². The molecule has 1 fully saturated rings. The summed E-state index contributed by atoms with van der Waals surface area (Å²) in [7, 11) is 0. The number of carbonyl (C=O) groups is 2. The lowest BCUT2D eigenvalue weighted by molar-refractivity contribution is -0.153. The van der Waals surface area contributed by atoms with Gasteiger partial charge in [0.15, 0.2) is 11.6 Å². The van der Waals surface area contributed by atoms with E-state index in [4.69, 9.17) is 0 Å². The van der Waals surface area contributed by atoms with E-state index in [-0.39, 0.29) is 30.5 Å². The number of carbonyl (C=O) groups excluding carboxylic acids is 2. The molecular weight excluding hydrogens is 266 g/mol. The Morgan fingerprint density at radius 2 is 2.05 bits per heavy atom. The average Bonchev–Trinajstić information content (AvgIpc) is 2.43. The standard InChI is InChI=1S/C14H16F2N2O2/c1-3-14(2)13(20)17-7-11(19)18(14)8-9-5-4-6-10(15)12(9)16/h4-6H,3,7-8H2,1-2H3,(H,17,20). The van der Waals surface area contributed by atoms with E-state index in [1.54, 1.807) is 13.8 Å². The maximum atomic E-state index is 13.7. The minimum atomic E-state index is -1.05. The monoisotopic (exact) mass is 282 g/mol. The predicted octanol–water partition coefficient (Wildman–Crippen LogP) is 1.59. The van der Waals surface area contributed by atoms with Gasteiger partial charge in [-0.15, -0.1) is 0 Å². The normalized spacial score (nSPS) is 22.9. The number of benzene rings is 1. The smallest absolute Gasteiger partial charge is 0.246 e. The fourth-order valence-electron chi connectivity index (χ4n) is 2.29. The molecule has 108 valence electrons. The van der Waals surface area contributed by atoms with E-state index in [0.717, 1.165) is 6.07 Å². The molecule has 1 atom stereocenters. The zero-order valence-corrected chi connectivity index (χ0v) is 11.4. The number of hydrogen-bond acceptors (Lipinski definition) is 2. The Morgan fingerprint density at radius 1 is 1.35 bits per heavy atom. The molecule has 2 rings (SSSR count). The molecule has 1 aromatic carbocycles. The van der Waals surface area contributed by atoms with Gasteiger partial charge in [0.05, 0.1) is 6.54 Å². The molecule has 1 aromatic rings. The van der Waals surface area contributed by atoms with E-state index in [0.29, 0.717) is 6.42 Å². The maximum Gasteiger partial charge on any atom is 0.246 e. The number of amides is 2. The van der Waals surface area contributed by atoms with Gasteiger partial charge in [0.25, 0.3) is 0 Å². The molecule has 1 saturated heterocycles. The lowest BCUT2D eigenvalue weighted by atomic mass is 9.92. The highest BCUT2D eigenvalue weighted by Gasteiger charge is 2.44. The third-order valence-corrected chi connectivity index (χ3v) is 3.83. The van der Waals surface area contributed by atoms with Gasteiger partial charge in [-0.25, -0.2) is 8.78 Å². The molecule has 2 amide bonds. The fraction of sp³-hybridized carbons (Fsp3) is 0.429. The highest BCUT2D eigenvalue weighted by atomic mass is 19.2. The van der Waals surface area contributed by atoms with Crippen molar-refractivity contribution in [2.75, 3.05) is 6.54 Å². The lowest BCUT2D eigenvalue weighted by Gasteiger charge is -2.43. The molecule has 1 aliphatic heterocycles. The number of nitrogens with zero attached hydrogens (tertiary/aromatic N) is 1. The van der Waals surface area contributed by atoms with Crippen molar-refractivity contribution in [1.29, 1.82) is 0 Å². The molecule has 20 heavy (non-hydrogen) atoms. The number of nitrogens with one attached hydrogen (secondary N) is 1. The van der Waals surface area contributed by atoms with Gasteiger partial charge in [-0.1, -0.05) is 19.1 Å². The first-order chi connectivity index (χ1) is 9.40. The van der Waals surface area contributed by atoms with Crippen LogP contribution in [0.2, 0.25) is 0 Å². The Labute approximate surface area is 115 Å². The second-order valence-electron chi connectivity index (χ2n) is 5.00. The van der Waals surface area contributed by atoms with Crippen molar-refractivity contribution in [3.63, 3.8) is 0 Å². The molecule has 1 unspecified atom stereocenters. The lowest BCUT2D eigenvalue weighted by Crippen LogP contribution is -2.65. The quantitative estimate of drug-likeness (QED) is 0.915. The number of rotatable bonds is 3. The summed E-state index contributed by atoms with van der Waals surface area (Å²) in [6.45, 7) is 3.15. The van der Waals surface area contributed by atoms with Gasteiger partial charge in [-0.3, -0.25) is 9.59 Å². The van der Waals surface area contributed by atoms with Gasteiger partial charge in [0.1, 0.15) is 5.54 Å². The van der Waals surface area contributed by atoms with Gasteiger partial charge < -0.3 is 10.2 Å². The molecule has 0 saturated carbocycles. The molecule has 0 radical (unpaired) electrons. The summed E-state index contributed by atoms with van der Waals surface area (Å²) in [6.07, 6.45) is 0.390. The van der Waals surface area contributed by atoms with Gasteiger partial charge in [-0.2, -0.15) is 0 Å². The van der Waals surface area contributed by atoms with Crippen LogP contribution in [0.4, 0.5) is 8.78 Å². The Kier molecular flexibility index (Phi) is 3.74. The largest absolute Gasteiger partial charge is 0.345 e. The van der Waals surface area contributed by atoms with E-state index >= 15 is 0 Å². The second kappa shape index (κ2) is 5.19. The van der Waals surface area contributed by atoms with Crippen molar-refractivity contribution in [2.45, 2.75) is 32.4 Å². The van der Waals surface area contributed by atoms with Crippen molar-refractivity contribution in [2.24, 2.45) is 0 Å². The predicted molar refractivity (Wildman–Crippen MR) is 68.6 cm³/mol. The van der Waals surface area contributed by atoms with Crippen LogP contribution in [0.5, 0.6) is 0 Å². The van der Waals surface area contributed by atoms with Crippen LogP contribution in [0.3, 0.4) is 0 Å². The van der Waals surface area contributed by atoms with Gasteiger partial charge >= 0.3 is 0 Å². The fourth-order valence-corrected chi connectivity index (χ4v) is 2.29. The zero-order valence-electron chi connectivity index (χ0n) is 11.4. The molecular formula is C14H16F2N2O2. The minimum absolute atomic E-state index is 0.0627. The number of halogens is 2. The summed E-state index contributed by atoms with van der Waals surface area (Å²) >= 11 is 0. The van der Waals surface area contributed by atoms with E-state index in [2.05, 4.69) is 5.32 Å². The first-order valence-corrected chi connectivity index (χ1v) is 6.41. The van der Waals surface area contributed by atoms with E-state index in [9.17, 15) is 18.4 Å². The summed E-state index contributed by atoms with van der Waals surface area (Å²) < 4.78 is 26.9. The SMILES string of the molecule is CCC1(C)C(=O)NCC(=O)N1Cc1cccc(F)c1F. The molecule has 0 bridgehead atoms. The van der Waals surface area contributed by atoms with Crippen molar-refractivity contribution in [1.82, 2.24) is 10.2 Å². The second-order valence-corrected chi connectivity index (χ2v) is 5.00. The van der Waals surface area contributed by atoms with E-state index < -0.39 is 17.2 Å². The first kappa shape index (κ1) is 14.4. The van der Waals surface area contributed by atoms with Crippen LogP contribution in [-0.4, -0.2) is 28.8 Å². The first-order valence-electron chi connectivity index (χ1n) is 6.41. The van der Waals surface area contributed by atoms with Crippen LogP contribution in [-0.2, 0) is 16.1 Å². The summed E-state index contributed by atoms with van der Waals surface area (Å²) in [6, 6.07) is 3.81. The summed E-state index contributed by atoms with van der Waals surface area (Å²) in [5.41, 5.74) is -0.985. The van der Waals surface area contributed by atoms with Crippen LogP contribution in [0.1, 0.15) is 25.8 Å². The topological polar surface area (TPSA) is 49.4 Å². The number of hydrogen-bond donors (Lipinski definition) is 1. The molecule has 0 aliphatic carbocycles. The maximum absolute atomic E-state index is 13.7. The van der Waals surface area contributed by atoms with Crippen LogP contribution < -0.4 is 5.32 Å². The van der Waals surface area contributed by atoms with E-state index in [1.807, 2.05) is 0 Å². The number of piperazine rings is 1. The minimum Gasteiger partial charge on any atom is -0.345 e.